The lowest BCUT2D eigenvalue weighted by molar-refractivity contribution is -0.124. The second-order valence-electron chi connectivity index (χ2n) is 9.29. The molecule has 0 radical (unpaired) electrons. The Morgan fingerprint density at radius 1 is 0.474 bits per heavy atom. The molecule has 2 aliphatic heterocycles. The number of aromatic hydroxyl groups is 2. The van der Waals surface area contributed by atoms with Crippen molar-refractivity contribution in [3.8, 4) is 11.5 Å². The Hall–Kier alpha value is -5.10. The van der Waals surface area contributed by atoms with Crippen molar-refractivity contribution in [3.05, 3.63) is 143 Å². The van der Waals surface area contributed by atoms with E-state index in [9.17, 15) is 19.8 Å². The number of nitrogens with zero attached hydrogens (tertiary/aromatic N) is 2. The van der Waals surface area contributed by atoms with Crippen LogP contribution in [0.3, 0.4) is 0 Å². The lowest BCUT2D eigenvalue weighted by Gasteiger charge is -2.25. The molecule has 0 aliphatic carbocycles. The van der Waals surface area contributed by atoms with Gasteiger partial charge in [0, 0.05) is 0 Å². The molecule has 4 aromatic carbocycles. The summed E-state index contributed by atoms with van der Waals surface area (Å²) in [4.78, 5) is 31.7. The predicted octanol–water partition coefficient (Wildman–Crippen LogP) is 5.31. The number of hydrogen-bond donors (Lipinski definition) is 2. The molecule has 2 amide bonds. The van der Waals surface area contributed by atoms with Crippen molar-refractivity contribution >= 4 is 23.2 Å². The van der Waals surface area contributed by atoms with Crippen molar-refractivity contribution in [1.29, 1.82) is 0 Å². The van der Waals surface area contributed by atoms with Crippen LogP contribution in [-0.4, -0.2) is 31.8 Å². The van der Waals surface area contributed by atoms with Gasteiger partial charge in [0.2, 0.25) is 0 Å². The standard InChI is InChI=1S/C32H24N2O4/c35-25-15-11-21(12-16-25)19-33-29(23-7-3-1-4-8-23)27-28(32(33)38)30(24-9-5-2-6-10-24)34(31(27)37)20-22-13-17-26(36)18-14-22/h1-18,35-36H,19-20H2. The molecule has 0 atom stereocenters. The highest BCUT2D eigenvalue weighted by Crippen LogP contribution is 2.47. The molecule has 0 bridgehead atoms. The third-order valence-corrected chi connectivity index (χ3v) is 6.83. The largest absolute Gasteiger partial charge is 0.508 e. The van der Waals surface area contributed by atoms with Gasteiger partial charge in [-0.1, -0.05) is 84.9 Å². The van der Waals surface area contributed by atoms with Gasteiger partial charge in [0.25, 0.3) is 11.8 Å². The highest BCUT2D eigenvalue weighted by atomic mass is 16.3. The molecular weight excluding hydrogens is 476 g/mol. The fraction of sp³-hybridized carbons (Fsp3) is 0.0625. The first-order chi connectivity index (χ1) is 18.5. The van der Waals surface area contributed by atoms with Crippen molar-refractivity contribution in [2.45, 2.75) is 13.1 Å². The van der Waals surface area contributed by atoms with Crippen molar-refractivity contribution in [1.82, 2.24) is 9.80 Å². The lowest BCUT2D eigenvalue weighted by atomic mass is 10.0. The molecule has 0 fully saturated rings. The molecule has 0 spiro atoms. The van der Waals surface area contributed by atoms with E-state index < -0.39 is 0 Å². The topological polar surface area (TPSA) is 81.1 Å². The van der Waals surface area contributed by atoms with E-state index in [1.54, 1.807) is 58.3 Å². The number of hydrogen-bond acceptors (Lipinski definition) is 4. The van der Waals surface area contributed by atoms with Gasteiger partial charge in [-0.2, -0.15) is 0 Å². The van der Waals surface area contributed by atoms with Crippen LogP contribution in [0.4, 0.5) is 0 Å². The third kappa shape index (κ3) is 4.02. The van der Waals surface area contributed by atoms with Crippen LogP contribution in [0.5, 0.6) is 11.5 Å². The Morgan fingerprint density at radius 3 is 1.16 bits per heavy atom. The minimum Gasteiger partial charge on any atom is -0.508 e. The van der Waals surface area contributed by atoms with Crippen molar-refractivity contribution in [2.75, 3.05) is 0 Å². The van der Waals surface area contributed by atoms with Crippen LogP contribution in [0.1, 0.15) is 22.3 Å². The fourth-order valence-corrected chi connectivity index (χ4v) is 5.06. The van der Waals surface area contributed by atoms with Crippen molar-refractivity contribution in [3.63, 3.8) is 0 Å². The van der Waals surface area contributed by atoms with E-state index >= 15 is 0 Å². The van der Waals surface area contributed by atoms with Gasteiger partial charge in [-0.15, -0.1) is 0 Å². The van der Waals surface area contributed by atoms with Crippen LogP contribution >= 0.6 is 0 Å². The highest BCUT2D eigenvalue weighted by molar-refractivity contribution is 6.30. The zero-order valence-corrected chi connectivity index (χ0v) is 20.4. The summed E-state index contributed by atoms with van der Waals surface area (Å²) in [6, 6.07) is 32.4. The van der Waals surface area contributed by atoms with Crippen molar-refractivity contribution in [2.24, 2.45) is 0 Å². The number of phenols is 2. The van der Waals surface area contributed by atoms with E-state index in [4.69, 9.17) is 0 Å². The zero-order chi connectivity index (χ0) is 26.2. The van der Waals surface area contributed by atoms with Crippen LogP contribution in [0.25, 0.3) is 11.4 Å². The maximum Gasteiger partial charge on any atom is 0.261 e. The monoisotopic (exact) mass is 500 g/mol. The van der Waals surface area contributed by atoms with Crippen LogP contribution in [-0.2, 0) is 22.7 Å². The number of carbonyl (C=O) groups is 2. The molecule has 6 nitrogen and oxygen atoms in total. The van der Waals surface area contributed by atoms with Gasteiger partial charge in [-0.25, -0.2) is 0 Å². The summed E-state index contributed by atoms with van der Waals surface area (Å²) in [7, 11) is 0. The summed E-state index contributed by atoms with van der Waals surface area (Å²) in [5, 5.41) is 19.5. The van der Waals surface area contributed by atoms with E-state index in [1.807, 2.05) is 60.7 Å². The average Bonchev–Trinajstić information content (AvgIpc) is 3.38. The number of rotatable bonds is 6. The summed E-state index contributed by atoms with van der Waals surface area (Å²) in [5.41, 5.74) is 5.14. The van der Waals surface area contributed by atoms with Gasteiger partial charge in [0.1, 0.15) is 11.5 Å². The molecule has 4 aromatic rings. The quantitative estimate of drug-likeness (QED) is 0.376. The fourth-order valence-electron chi connectivity index (χ4n) is 5.06. The van der Waals surface area contributed by atoms with Gasteiger partial charge in [-0.05, 0) is 46.5 Å². The van der Waals surface area contributed by atoms with Crippen LogP contribution < -0.4 is 0 Å². The molecule has 2 heterocycles. The van der Waals surface area contributed by atoms with Gasteiger partial charge >= 0.3 is 0 Å². The minimum atomic E-state index is -0.243. The molecule has 186 valence electrons. The van der Waals surface area contributed by atoms with E-state index in [0.29, 0.717) is 22.5 Å². The first-order valence-electron chi connectivity index (χ1n) is 12.3. The number of benzene rings is 4. The molecule has 0 saturated carbocycles. The molecule has 0 unspecified atom stereocenters. The van der Waals surface area contributed by atoms with Crippen LogP contribution in [0, 0.1) is 0 Å². The molecule has 0 saturated heterocycles. The maximum atomic E-state index is 14.2. The SMILES string of the molecule is O=C1C2=C(c3ccccc3)N(Cc3ccc(O)cc3)C(=O)C2=C(c2ccccc2)N1Cc1ccc(O)cc1. The second-order valence-corrected chi connectivity index (χ2v) is 9.29. The van der Waals surface area contributed by atoms with Gasteiger partial charge < -0.3 is 20.0 Å². The molecule has 38 heavy (non-hydrogen) atoms. The minimum absolute atomic E-state index is 0.147. The van der Waals surface area contributed by atoms with E-state index in [0.717, 1.165) is 22.3 Å². The Kier molecular flexibility index (Phi) is 5.77. The first kappa shape index (κ1) is 23.3. The van der Waals surface area contributed by atoms with Crippen LogP contribution in [0.15, 0.2) is 120 Å². The zero-order valence-electron chi connectivity index (χ0n) is 20.4. The number of carbonyl (C=O) groups excluding carboxylic acids is 2. The van der Waals surface area contributed by atoms with Crippen LogP contribution in [0.2, 0.25) is 0 Å². The maximum absolute atomic E-state index is 14.2. The highest BCUT2D eigenvalue weighted by Gasteiger charge is 2.48. The normalized spacial score (nSPS) is 15.1. The van der Waals surface area contributed by atoms with E-state index in [-0.39, 0.29) is 36.4 Å². The summed E-state index contributed by atoms with van der Waals surface area (Å²) in [6.45, 7) is 0.507. The lowest BCUT2D eigenvalue weighted by Crippen LogP contribution is -2.29. The van der Waals surface area contributed by atoms with E-state index in [2.05, 4.69) is 0 Å². The molecule has 6 heteroatoms. The summed E-state index contributed by atoms with van der Waals surface area (Å²) >= 11 is 0. The summed E-state index contributed by atoms with van der Waals surface area (Å²) < 4.78 is 0. The predicted molar refractivity (Wildman–Crippen MR) is 144 cm³/mol. The Bertz CT molecular complexity index is 1470. The van der Waals surface area contributed by atoms with E-state index in [1.165, 1.54) is 0 Å². The average molecular weight is 501 g/mol. The molecular formula is C32H24N2O4. The second kappa shape index (κ2) is 9.41. The Labute approximate surface area is 220 Å². The van der Waals surface area contributed by atoms with Gasteiger partial charge in [-0.3, -0.25) is 9.59 Å². The summed E-state index contributed by atoms with van der Waals surface area (Å²) in [6.07, 6.45) is 0. The van der Waals surface area contributed by atoms with Gasteiger partial charge in [0.05, 0.1) is 35.6 Å². The molecule has 0 aromatic heterocycles. The van der Waals surface area contributed by atoms with Gasteiger partial charge in [0.15, 0.2) is 0 Å². The molecule has 2 aliphatic rings. The third-order valence-electron chi connectivity index (χ3n) is 6.83. The van der Waals surface area contributed by atoms with Crippen molar-refractivity contribution < 1.29 is 19.8 Å². The Morgan fingerprint density at radius 2 is 0.816 bits per heavy atom. The molecule has 2 N–H and O–H groups in total. The number of phenolic OH excluding ortho intramolecular Hbond substituents is 2. The smallest absolute Gasteiger partial charge is 0.261 e. The number of fused-ring (bicyclic) bond motifs is 1. The first-order valence-corrected chi connectivity index (χ1v) is 12.3. The molecule has 6 rings (SSSR count). The number of amides is 2. The Balaban J connectivity index is 1.54. The summed E-state index contributed by atoms with van der Waals surface area (Å²) in [5.74, 6) is -0.192.